The molecule has 0 aliphatic heterocycles. The van der Waals surface area contributed by atoms with Gasteiger partial charge in [-0.25, -0.2) is 4.79 Å². The molecule has 0 saturated carbocycles. The first kappa shape index (κ1) is 18.6. The fraction of sp³-hybridized carbons (Fsp3) is 0.118. The molecule has 0 aliphatic rings. The summed E-state index contributed by atoms with van der Waals surface area (Å²) >= 11 is 0. The van der Waals surface area contributed by atoms with Crippen LogP contribution in [0.25, 0.3) is 0 Å². The minimum Gasteiger partial charge on any atom is -0.452 e. The second-order valence-electron chi connectivity index (χ2n) is 5.24. The number of carbonyl (C=O) groups is 3. The summed E-state index contributed by atoms with van der Waals surface area (Å²) in [4.78, 5) is 45.6. The molecule has 0 heterocycles. The number of esters is 1. The molecule has 26 heavy (non-hydrogen) atoms. The van der Waals surface area contributed by atoms with Crippen LogP contribution in [0.4, 0.5) is 11.4 Å². The Morgan fingerprint density at radius 2 is 1.77 bits per heavy atom. The zero-order valence-electron chi connectivity index (χ0n) is 13.7. The molecule has 0 spiro atoms. The molecule has 2 amide bonds. The van der Waals surface area contributed by atoms with E-state index in [0.717, 1.165) is 0 Å². The minimum absolute atomic E-state index is 0.00969. The standard InChI is InChI=1S/C17H15N3O6/c1-10-11(6-4-8-14(10)20(24)25)17(23)26-9-15(21)19-13-7-3-2-5-12(13)16(18)22/h2-8H,9H2,1H3,(H2,18,22)(H,19,21). The van der Waals surface area contributed by atoms with Crippen molar-refractivity contribution in [1.82, 2.24) is 0 Å². The second kappa shape index (κ2) is 7.88. The first-order valence-corrected chi connectivity index (χ1v) is 7.41. The fourth-order valence-electron chi connectivity index (χ4n) is 2.24. The number of nitro groups is 1. The molecule has 2 aromatic rings. The number of nitrogens with zero attached hydrogens (tertiary/aromatic N) is 1. The predicted octanol–water partition coefficient (Wildman–Crippen LogP) is 1.80. The molecule has 0 bridgehead atoms. The molecule has 134 valence electrons. The van der Waals surface area contributed by atoms with Crippen LogP contribution in [0.1, 0.15) is 26.3 Å². The third-order valence-corrected chi connectivity index (χ3v) is 3.52. The first-order valence-electron chi connectivity index (χ1n) is 7.41. The first-order chi connectivity index (χ1) is 12.3. The number of hydrogen-bond donors (Lipinski definition) is 2. The van der Waals surface area contributed by atoms with Crippen molar-refractivity contribution < 1.29 is 24.0 Å². The Morgan fingerprint density at radius 3 is 2.42 bits per heavy atom. The predicted molar refractivity (Wildman–Crippen MR) is 91.7 cm³/mol. The van der Waals surface area contributed by atoms with Gasteiger partial charge in [0, 0.05) is 11.6 Å². The molecule has 9 nitrogen and oxygen atoms in total. The number of nitro benzene ring substituents is 1. The summed E-state index contributed by atoms with van der Waals surface area (Å²) in [6.07, 6.45) is 0. The van der Waals surface area contributed by atoms with E-state index in [2.05, 4.69) is 5.32 Å². The van der Waals surface area contributed by atoms with Crippen LogP contribution in [0.2, 0.25) is 0 Å². The van der Waals surface area contributed by atoms with Crippen LogP contribution < -0.4 is 11.1 Å². The van der Waals surface area contributed by atoms with E-state index in [1.165, 1.54) is 37.3 Å². The number of nitrogens with two attached hydrogens (primary N) is 1. The molecule has 0 fully saturated rings. The molecule has 0 atom stereocenters. The Labute approximate surface area is 147 Å². The smallest absolute Gasteiger partial charge is 0.339 e. The van der Waals surface area contributed by atoms with Gasteiger partial charge in [-0.2, -0.15) is 0 Å². The lowest BCUT2D eigenvalue weighted by Gasteiger charge is -2.10. The topological polar surface area (TPSA) is 142 Å². The van der Waals surface area contributed by atoms with Gasteiger partial charge in [0.1, 0.15) is 0 Å². The van der Waals surface area contributed by atoms with Crippen LogP contribution in [-0.4, -0.2) is 29.3 Å². The van der Waals surface area contributed by atoms with Gasteiger partial charge in [0.05, 0.1) is 21.7 Å². The summed E-state index contributed by atoms with van der Waals surface area (Å²) in [7, 11) is 0. The number of nitrogens with one attached hydrogen (secondary N) is 1. The number of amides is 2. The zero-order chi connectivity index (χ0) is 19.3. The molecule has 3 N–H and O–H groups in total. The van der Waals surface area contributed by atoms with Crippen molar-refractivity contribution in [2.45, 2.75) is 6.92 Å². The van der Waals surface area contributed by atoms with Crippen LogP contribution in [-0.2, 0) is 9.53 Å². The van der Waals surface area contributed by atoms with Crippen LogP contribution in [0.15, 0.2) is 42.5 Å². The van der Waals surface area contributed by atoms with Crippen molar-refractivity contribution >= 4 is 29.2 Å². The summed E-state index contributed by atoms with van der Waals surface area (Å²) in [6.45, 7) is 0.784. The van der Waals surface area contributed by atoms with Gasteiger partial charge in [0.15, 0.2) is 6.61 Å². The van der Waals surface area contributed by atoms with Gasteiger partial charge in [-0.15, -0.1) is 0 Å². The van der Waals surface area contributed by atoms with Crippen molar-refractivity contribution in [2.24, 2.45) is 5.73 Å². The lowest BCUT2D eigenvalue weighted by Crippen LogP contribution is -2.23. The molecule has 9 heteroatoms. The fourth-order valence-corrected chi connectivity index (χ4v) is 2.24. The van der Waals surface area contributed by atoms with Gasteiger partial charge in [-0.1, -0.05) is 18.2 Å². The van der Waals surface area contributed by atoms with E-state index >= 15 is 0 Å². The number of rotatable bonds is 6. The van der Waals surface area contributed by atoms with Crippen molar-refractivity contribution in [1.29, 1.82) is 0 Å². The Bertz CT molecular complexity index is 894. The number of ether oxygens (including phenoxy) is 1. The van der Waals surface area contributed by atoms with Crippen LogP contribution >= 0.6 is 0 Å². The van der Waals surface area contributed by atoms with Crippen molar-refractivity contribution in [3.63, 3.8) is 0 Å². The van der Waals surface area contributed by atoms with Crippen LogP contribution in [0, 0.1) is 17.0 Å². The third kappa shape index (κ3) is 4.20. The van der Waals surface area contributed by atoms with E-state index in [1.807, 2.05) is 0 Å². The summed E-state index contributed by atoms with van der Waals surface area (Å²) in [5, 5.41) is 13.3. The Kier molecular flexibility index (Phi) is 5.63. The van der Waals surface area contributed by atoms with Gasteiger partial charge < -0.3 is 15.8 Å². The van der Waals surface area contributed by atoms with Crippen molar-refractivity contribution in [3.05, 3.63) is 69.3 Å². The highest BCUT2D eigenvalue weighted by molar-refractivity contribution is 6.03. The number of hydrogen-bond acceptors (Lipinski definition) is 6. The average Bonchev–Trinajstić information content (AvgIpc) is 2.60. The van der Waals surface area contributed by atoms with Crippen molar-refractivity contribution in [2.75, 3.05) is 11.9 Å². The van der Waals surface area contributed by atoms with Gasteiger partial charge in [0.25, 0.3) is 17.5 Å². The lowest BCUT2D eigenvalue weighted by atomic mass is 10.1. The van der Waals surface area contributed by atoms with E-state index in [-0.39, 0.29) is 28.1 Å². The number of primary amides is 1. The van der Waals surface area contributed by atoms with Crippen LogP contribution in [0.5, 0.6) is 0 Å². The normalized spacial score (nSPS) is 10.0. The van der Waals surface area contributed by atoms with E-state index in [1.54, 1.807) is 12.1 Å². The monoisotopic (exact) mass is 357 g/mol. The number of benzene rings is 2. The van der Waals surface area contributed by atoms with Gasteiger partial charge in [-0.3, -0.25) is 19.7 Å². The summed E-state index contributed by atoms with van der Waals surface area (Å²) in [5.74, 6) is -2.27. The third-order valence-electron chi connectivity index (χ3n) is 3.52. The maximum atomic E-state index is 12.1. The average molecular weight is 357 g/mol. The number of anilines is 1. The zero-order valence-corrected chi connectivity index (χ0v) is 13.7. The summed E-state index contributed by atoms with van der Waals surface area (Å²) in [6, 6.07) is 10.1. The minimum atomic E-state index is -0.871. The van der Waals surface area contributed by atoms with Gasteiger partial charge in [0.2, 0.25) is 0 Å². The lowest BCUT2D eigenvalue weighted by molar-refractivity contribution is -0.385. The largest absolute Gasteiger partial charge is 0.452 e. The van der Waals surface area contributed by atoms with E-state index in [4.69, 9.17) is 10.5 Å². The van der Waals surface area contributed by atoms with Gasteiger partial charge >= 0.3 is 5.97 Å². The Balaban J connectivity index is 2.04. The highest BCUT2D eigenvalue weighted by atomic mass is 16.6. The molecule has 2 rings (SSSR count). The Morgan fingerprint density at radius 1 is 1.12 bits per heavy atom. The molecular weight excluding hydrogens is 342 g/mol. The van der Waals surface area contributed by atoms with Crippen molar-refractivity contribution in [3.8, 4) is 0 Å². The maximum absolute atomic E-state index is 12.1. The van der Waals surface area contributed by atoms with Crippen LogP contribution in [0.3, 0.4) is 0 Å². The maximum Gasteiger partial charge on any atom is 0.339 e. The quantitative estimate of drug-likeness (QED) is 0.458. The highest BCUT2D eigenvalue weighted by Gasteiger charge is 2.20. The Hall–Kier alpha value is -3.75. The summed E-state index contributed by atoms with van der Waals surface area (Å²) < 4.78 is 4.89. The molecule has 0 unspecified atom stereocenters. The van der Waals surface area contributed by atoms with E-state index in [0.29, 0.717) is 0 Å². The molecule has 0 saturated heterocycles. The highest BCUT2D eigenvalue weighted by Crippen LogP contribution is 2.21. The second-order valence-corrected chi connectivity index (χ2v) is 5.24. The molecule has 0 aromatic heterocycles. The van der Waals surface area contributed by atoms with E-state index < -0.39 is 29.3 Å². The van der Waals surface area contributed by atoms with Gasteiger partial charge in [-0.05, 0) is 25.1 Å². The molecule has 0 aliphatic carbocycles. The molecule has 2 aromatic carbocycles. The summed E-state index contributed by atoms with van der Waals surface area (Å²) in [5.41, 5.74) is 5.42. The number of carbonyl (C=O) groups excluding carboxylic acids is 3. The SMILES string of the molecule is Cc1c(C(=O)OCC(=O)Nc2ccccc2C(N)=O)cccc1[N+](=O)[O-]. The van der Waals surface area contributed by atoms with E-state index in [9.17, 15) is 24.5 Å². The molecular formula is C17H15N3O6. The molecule has 0 radical (unpaired) electrons. The number of para-hydroxylation sites is 1.